The molecule has 0 saturated heterocycles. The number of anilines is 1. The third kappa shape index (κ3) is 2.88. The Morgan fingerprint density at radius 1 is 1.38 bits per heavy atom. The minimum absolute atomic E-state index is 0.551. The van der Waals surface area contributed by atoms with Gasteiger partial charge in [0.1, 0.15) is 5.82 Å². The summed E-state index contributed by atoms with van der Waals surface area (Å²) in [6.45, 7) is 2.29. The number of nitrogens with one attached hydrogen (secondary N) is 1. The Morgan fingerprint density at radius 3 is 2.75 bits per heavy atom. The third-order valence-electron chi connectivity index (χ3n) is 3.52. The van der Waals surface area contributed by atoms with Crippen molar-refractivity contribution in [1.82, 2.24) is 4.98 Å². The molecule has 1 N–H and O–H groups in total. The SMILES string of the molecule is CCC1CCC(Nc2ncccc2Cl)CC1. The van der Waals surface area contributed by atoms with Crippen molar-refractivity contribution in [3.8, 4) is 0 Å². The van der Waals surface area contributed by atoms with Crippen molar-refractivity contribution < 1.29 is 0 Å². The molecule has 1 fully saturated rings. The Balaban J connectivity index is 1.89. The highest BCUT2D eigenvalue weighted by molar-refractivity contribution is 6.32. The van der Waals surface area contributed by atoms with Gasteiger partial charge in [-0.2, -0.15) is 0 Å². The van der Waals surface area contributed by atoms with Crippen molar-refractivity contribution in [1.29, 1.82) is 0 Å². The lowest BCUT2D eigenvalue weighted by Gasteiger charge is -2.28. The largest absolute Gasteiger partial charge is 0.366 e. The molecular weight excluding hydrogens is 220 g/mol. The molecule has 2 nitrogen and oxygen atoms in total. The van der Waals surface area contributed by atoms with Crippen LogP contribution >= 0.6 is 11.6 Å². The molecule has 1 heterocycles. The summed E-state index contributed by atoms with van der Waals surface area (Å²) < 4.78 is 0. The summed E-state index contributed by atoms with van der Waals surface area (Å²) in [5.74, 6) is 1.77. The van der Waals surface area contributed by atoms with E-state index >= 15 is 0 Å². The zero-order chi connectivity index (χ0) is 11.4. The number of pyridine rings is 1. The van der Waals surface area contributed by atoms with E-state index in [-0.39, 0.29) is 0 Å². The summed E-state index contributed by atoms with van der Waals surface area (Å²) in [6.07, 6.45) is 8.25. The summed E-state index contributed by atoms with van der Waals surface area (Å²) in [6, 6.07) is 4.30. The number of hydrogen-bond acceptors (Lipinski definition) is 2. The molecule has 0 unspecified atom stereocenters. The molecule has 0 aliphatic heterocycles. The van der Waals surface area contributed by atoms with Gasteiger partial charge in [-0.05, 0) is 43.7 Å². The van der Waals surface area contributed by atoms with Crippen LogP contribution in [-0.2, 0) is 0 Å². The number of aromatic nitrogens is 1. The first-order valence-electron chi connectivity index (χ1n) is 6.16. The number of hydrogen-bond donors (Lipinski definition) is 1. The average molecular weight is 239 g/mol. The fourth-order valence-corrected chi connectivity index (χ4v) is 2.58. The Hall–Kier alpha value is -0.760. The highest BCUT2D eigenvalue weighted by Gasteiger charge is 2.20. The number of rotatable bonds is 3. The molecule has 1 aliphatic rings. The second-order valence-electron chi connectivity index (χ2n) is 4.60. The van der Waals surface area contributed by atoms with Crippen LogP contribution in [0.15, 0.2) is 18.3 Å². The summed E-state index contributed by atoms with van der Waals surface area (Å²) in [7, 11) is 0. The molecule has 0 spiro atoms. The topological polar surface area (TPSA) is 24.9 Å². The molecule has 0 bridgehead atoms. The van der Waals surface area contributed by atoms with Crippen LogP contribution in [0.25, 0.3) is 0 Å². The number of halogens is 1. The Morgan fingerprint density at radius 2 is 2.12 bits per heavy atom. The van der Waals surface area contributed by atoms with Gasteiger partial charge in [0, 0.05) is 12.2 Å². The van der Waals surface area contributed by atoms with Crippen LogP contribution < -0.4 is 5.32 Å². The van der Waals surface area contributed by atoms with Crippen molar-refractivity contribution in [3.05, 3.63) is 23.4 Å². The molecule has 1 saturated carbocycles. The van der Waals surface area contributed by atoms with Crippen molar-refractivity contribution in [2.24, 2.45) is 5.92 Å². The molecule has 0 radical (unpaired) electrons. The monoisotopic (exact) mass is 238 g/mol. The molecule has 0 amide bonds. The van der Waals surface area contributed by atoms with E-state index in [2.05, 4.69) is 17.2 Å². The van der Waals surface area contributed by atoms with Gasteiger partial charge in [0.25, 0.3) is 0 Å². The lowest BCUT2D eigenvalue weighted by molar-refractivity contribution is 0.330. The fraction of sp³-hybridized carbons (Fsp3) is 0.615. The molecule has 16 heavy (non-hydrogen) atoms. The van der Waals surface area contributed by atoms with Crippen molar-refractivity contribution >= 4 is 17.4 Å². The summed E-state index contributed by atoms with van der Waals surface area (Å²) in [4.78, 5) is 4.27. The van der Waals surface area contributed by atoms with Gasteiger partial charge in [0.15, 0.2) is 0 Å². The Labute approximate surface area is 102 Å². The molecule has 88 valence electrons. The lowest BCUT2D eigenvalue weighted by atomic mass is 9.84. The second-order valence-corrected chi connectivity index (χ2v) is 5.01. The minimum atomic E-state index is 0.551. The van der Waals surface area contributed by atoms with Crippen LogP contribution in [0, 0.1) is 5.92 Å². The van der Waals surface area contributed by atoms with Crippen LogP contribution in [0.5, 0.6) is 0 Å². The van der Waals surface area contributed by atoms with Gasteiger partial charge < -0.3 is 5.32 Å². The van der Waals surface area contributed by atoms with E-state index in [1.54, 1.807) is 6.20 Å². The zero-order valence-corrected chi connectivity index (χ0v) is 10.5. The van der Waals surface area contributed by atoms with Crippen LogP contribution in [0.4, 0.5) is 5.82 Å². The van der Waals surface area contributed by atoms with E-state index < -0.39 is 0 Å². The van der Waals surface area contributed by atoms with Crippen LogP contribution in [0.2, 0.25) is 5.02 Å². The molecule has 2 rings (SSSR count). The molecule has 0 aromatic carbocycles. The van der Waals surface area contributed by atoms with E-state index in [1.807, 2.05) is 12.1 Å². The predicted molar refractivity (Wildman–Crippen MR) is 68.9 cm³/mol. The highest BCUT2D eigenvalue weighted by atomic mass is 35.5. The fourth-order valence-electron chi connectivity index (χ4n) is 2.40. The smallest absolute Gasteiger partial charge is 0.144 e. The first kappa shape index (κ1) is 11.7. The highest BCUT2D eigenvalue weighted by Crippen LogP contribution is 2.29. The molecule has 3 heteroatoms. The van der Waals surface area contributed by atoms with Gasteiger partial charge in [-0.15, -0.1) is 0 Å². The van der Waals surface area contributed by atoms with Crippen molar-refractivity contribution in [2.75, 3.05) is 5.32 Å². The Kier molecular flexibility index (Phi) is 4.05. The summed E-state index contributed by atoms with van der Waals surface area (Å²) >= 11 is 6.07. The summed E-state index contributed by atoms with van der Waals surface area (Å²) in [5, 5.41) is 4.17. The van der Waals surface area contributed by atoms with E-state index in [9.17, 15) is 0 Å². The van der Waals surface area contributed by atoms with E-state index in [0.29, 0.717) is 6.04 Å². The van der Waals surface area contributed by atoms with E-state index in [4.69, 9.17) is 11.6 Å². The van der Waals surface area contributed by atoms with Crippen LogP contribution in [0.3, 0.4) is 0 Å². The maximum absolute atomic E-state index is 6.07. The van der Waals surface area contributed by atoms with Gasteiger partial charge in [-0.1, -0.05) is 24.9 Å². The Bertz CT molecular complexity index is 332. The van der Waals surface area contributed by atoms with Gasteiger partial charge >= 0.3 is 0 Å². The van der Waals surface area contributed by atoms with E-state index in [0.717, 1.165) is 16.8 Å². The normalized spacial score (nSPS) is 25.4. The van der Waals surface area contributed by atoms with Crippen LogP contribution in [-0.4, -0.2) is 11.0 Å². The second kappa shape index (κ2) is 5.53. The van der Waals surface area contributed by atoms with Gasteiger partial charge in [0.2, 0.25) is 0 Å². The van der Waals surface area contributed by atoms with Crippen molar-refractivity contribution in [3.63, 3.8) is 0 Å². The molecule has 0 atom stereocenters. The molecule has 1 aliphatic carbocycles. The third-order valence-corrected chi connectivity index (χ3v) is 3.83. The minimum Gasteiger partial charge on any atom is -0.366 e. The van der Waals surface area contributed by atoms with Gasteiger partial charge in [0.05, 0.1) is 5.02 Å². The predicted octanol–water partition coefficient (Wildman–Crippen LogP) is 4.12. The van der Waals surface area contributed by atoms with Gasteiger partial charge in [-0.3, -0.25) is 0 Å². The molecular formula is C13H19ClN2. The summed E-state index contributed by atoms with van der Waals surface area (Å²) in [5.41, 5.74) is 0. The quantitative estimate of drug-likeness (QED) is 0.857. The van der Waals surface area contributed by atoms with Gasteiger partial charge in [-0.25, -0.2) is 4.98 Å². The van der Waals surface area contributed by atoms with Crippen molar-refractivity contribution in [2.45, 2.75) is 45.1 Å². The van der Waals surface area contributed by atoms with E-state index in [1.165, 1.54) is 32.1 Å². The molecule has 1 aromatic rings. The number of nitrogens with zero attached hydrogens (tertiary/aromatic N) is 1. The van der Waals surface area contributed by atoms with Crippen LogP contribution in [0.1, 0.15) is 39.0 Å². The first-order valence-corrected chi connectivity index (χ1v) is 6.54. The zero-order valence-electron chi connectivity index (χ0n) is 9.75. The first-order chi connectivity index (χ1) is 7.79. The maximum atomic E-state index is 6.07. The lowest BCUT2D eigenvalue weighted by Crippen LogP contribution is -2.26. The standard InChI is InChI=1S/C13H19ClN2/c1-2-10-5-7-11(8-6-10)16-13-12(14)4-3-9-15-13/h3-4,9-11H,2,5-8H2,1H3,(H,15,16). The average Bonchev–Trinajstić information content (AvgIpc) is 2.33. The molecule has 1 aromatic heterocycles. The maximum Gasteiger partial charge on any atom is 0.144 e.